The molecule has 2 heterocycles. The number of ether oxygens (including phenoxy) is 1. The maximum Gasteiger partial charge on any atom is 0.337 e. The van der Waals surface area contributed by atoms with Crippen molar-refractivity contribution in [3.8, 4) is 11.3 Å². The summed E-state index contributed by atoms with van der Waals surface area (Å²) < 4.78 is 11.3. The quantitative estimate of drug-likeness (QED) is 0.278. The standard InChI is InChI=1S/C24H16BrClN2O6/c1-12-9-14(4-6-18(12)25)28-22(30)17(21(29)27-24(28)32)11-15-5-8-20(34-15)16-10-13(23(31)33-2)3-7-19(16)26/h3-11H,1-2H3,(H,27,29,32)/b17-11+. The number of furan rings is 1. The molecule has 0 aliphatic carbocycles. The number of aryl methyl sites for hydroxylation is 1. The highest BCUT2D eigenvalue weighted by Crippen LogP contribution is 2.32. The Morgan fingerprint density at radius 1 is 1.12 bits per heavy atom. The predicted molar refractivity (Wildman–Crippen MR) is 128 cm³/mol. The average molecular weight is 544 g/mol. The van der Waals surface area contributed by atoms with Crippen molar-refractivity contribution < 1.29 is 28.3 Å². The van der Waals surface area contributed by atoms with Gasteiger partial charge in [0.15, 0.2) is 0 Å². The van der Waals surface area contributed by atoms with Gasteiger partial charge < -0.3 is 9.15 Å². The van der Waals surface area contributed by atoms with Crippen molar-refractivity contribution in [3.05, 3.63) is 80.5 Å². The van der Waals surface area contributed by atoms with Crippen LogP contribution in [0.5, 0.6) is 0 Å². The van der Waals surface area contributed by atoms with Crippen LogP contribution in [0.4, 0.5) is 10.5 Å². The second-order valence-corrected chi connectivity index (χ2v) is 8.54. The Bertz CT molecular complexity index is 1390. The van der Waals surface area contributed by atoms with Gasteiger partial charge in [-0.15, -0.1) is 0 Å². The minimum Gasteiger partial charge on any atom is -0.465 e. The van der Waals surface area contributed by atoms with Gasteiger partial charge in [-0.2, -0.15) is 0 Å². The normalized spacial score (nSPS) is 15.0. The lowest BCUT2D eigenvalue weighted by Crippen LogP contribution is -2.54. The molecule has 34 heavy (non-hydrogen) atoms. The number of anilines is 1. The topological polar surface area (TPSA) is 106 Å². The summed E-state index contributed by atoms with van der Waals surface area (Å²) >= 11 is 9.63. The molecular formula is C24H16BrClN2O6. The fraction of sp³-hybridized carbons (Fsp3) is 0.0833. The molecular weight excluding hydrogens is 528 g/mol. The van der Waals surface area contributed by atoms with Gasteiger partial charge >= 0.3 is 12.0 Å². The maximum atomic E-state index is 13.1. The number of barbiturate groups is 1. The third-order valence-electron chi connectivity index (χ3n) is 5.07. The Morgan fingerprint density at radius 3 is 2.59 bits per heavy atom. The Kier molecular flexibility index (Phi) is 6.41. The molecule has 172 valence electrons. The van der Waals surface area contributed by atoms with Crippen LogP contribution >= 0.6 is 27.5 Å². The summed E-state index contributed by atoms with van der Waals surface area (Å²) in [5.74, 6) is -1.69. The largest absolute Gasteiger partial charge is 0.465 e. The van der Waals surface area contributed by atoms with Gasteiger partial charge in [-0.05, 0) is 67.1 Å². The van der Waals surface area contributed by atoms with E-state index in [4.69, 9.17) is 20.8 Å². The molecule has 8 nitrogen and oxygen atoms in total. The number of hydrogen-bond acceptors (Lipinski definition) is 6. The summed E-state index contributed by atoms with van der Waals surface area (Å²) in [7, 11) is 1.27. The lowest BCUT2D eigenvalue weighted by molar-refractivity contribution is -0.122. The number of hydrogen-bond donors (Lipinski definition) is 1. The highest BCUT2D eigenvalue weighted by Gasteiger charge is 2.37. The number of esters is 1. The summed E-state index contributed by atoms with van der Waals surface area (Å²) in [6.45, 7) is 1.81. The van der Waals surface area contributed by atoms with Gasteiger partial charge in [-0.25, -0.2) is 14.5 Å². The van der Waals surface area contributed by atoms with Gasteiger partial charge in [-0.3, -0.25) is 14.9 Å². The summed E-state index contributed by atoms with van der Waals surface area (Å²) in [6.07, 6.45) is 1.24. The molecule has 1 aliphatic heterocycles. The summed E-state index contributed by atoms with van der Waals surface area (Å²) in [5.41, 5.74) is 1.54. The van der Waals surface area contributed by atoms with E-state index in [2.05, 4.69) is 21.2 Å². The van der Waals surface area contributed by atoms with E-state index in [1.807, 2.05) is 6.92 Å². The highest BCUT2D eigenvalue weighted by atomic mass is 79.9. The van der Waals surface area contributed by atoms with Crippen LogP contribution in [0.2, 0.25) is 5.02 Å². The molecule has 3 aromatic rings. The molecule has 0 atom stereocenters. The average Bonchev–Trinajstić information content (AvgIpc) is 3.27. The number of urea groups is 1. The van der Waals surface area contributed by atoms with Crippen LogP contribution in [-0.4, -0.2) is 30.9 Å². The van der Waals surface area contributed by atoms with Gasteiger partial charge in [0, 0.05) is 10.0 Å². The summed E-state index contributed by atoms with van der Waals surface area (Å²) in [6, 6.07) is 11.8. The maximum absolute atomic E-state index is 13.1. The first-order chi connectivity index (χ1) is 16.2. The van der Waals surface area contributed by atoms with Crippen LogP contribution in [-0.2, 0) is 14.3 Å². The number of nitrogens with one attached hydrogen (secondary N) is 1. The van der Waals surface area contributed by atoms with E-state index < -0.39 is 23.8 Å². The van der Waals surface area contributed by atoms with Gasteiger partial charge in [0.2, 0.25) is 0 Å². The number of halogens is 2. The lowest BCUT2D eigenvalue weighted by Gasteiger charge is -2.26. The second kappa shape index (κ2) is 9.28. The number of benzene rings is 2. The van der Waals surface area contributed by atoms with E-state index in [-0.39, 0.29) is 16.9 Å². The molecule has 0 bridgehead atoms. The van der Waals surface area contributed by atoms with Crippen molar-refractivity contribution in [1.29, 1.82) is 0 Å². The zero-order valence-electron chi connectivity index (χ0n) is 17.8. The third kappa shape index (κ3) is 4.40. The molecule has 1 fully saturated rings. The van der Waals surface area contributed by atoms with Crippen molar-refractivity contribution in [3.63, 3.8) is 0 Å². The lowest BCUT2D eigenvalue weighted by atomic mass is 10.1. The van der Waals surface area contributed by atoms with Gasteiger partial charge in [-0.1, -0.05) is 27.5 Å². The first-order valence-electron chi connectivity index (χ1n) is 9.85. The summed E-state index contributed by atoms with van der Waals surface area (Å²) in [4.78, 5) is 50.6. The number of carbonyl (C=O) groups excluding carboxylic acids is 4. The Balaban J connectivity index is 1.69. The molecule has 2 aromatic carbocycles. The molecule has 4 amide bonds. The zero-order valence-corrected chi connectivity index (χ0v) is 20.2. The third-order valence-corrected chi connectivity index (χ3v) is 6.29. The van der Waals surface area contributed by atoms with Crippen molar-refractivity contribution >= 4 is 63.1 Å². The molecule has 1 saturated heterocycles. The van der Waals surface area contributed by atoms with E-state index in [1.54, 1.807) is 24.3 Å². The molecule has 1 aromatic heterocycles. The van der Waals surface area contributed by atoms with Crippen LogP contribution in [0.15, 0.2) is 63.0 Å². The van der Waals surface area contributed by atoms with Gasteiger partial charge in [0.05, 0.1) is 23.4 Å². The Hall–Kier alpha value is -3.69. The van der Waals surface area contributed by atoms with E-state index >= 15 is 0 Å². The number of carbonyl (C=O) groups is 4. The van der Waals surface area contributed by atoms with Crippen molar-refractivity contribution in [2.45, 2.75) is 6.92 Å². The SMILES string of the molecule is COC(=O)c1ccc(Cl)c(-c2ccc(/C=C3\C(=O)NC(=O)N(c4ccc(Br)c(C)c4)C3=O)o2)c1. The number of methoxy groups -OCH3 is 1. The fourth-order valence-electron chi connectivity index (χ4n) is 3.34. The number of rotatable bonds is 4. The molecule has 4 rings (SSSR count). The first kappa shape index (κ1) is 23.5. The molecule has 0 unspecified atom stereocenters. The zero-order chi connectivity index (χ0) is 24.6. The van der Waals surface area contributed by atoms with Crippen molar-refractivity contribution in [1.82, 2.24) is 5.32 Å². The predicted octanol–water partition coefficient (Wildman–Crippen LogP) is 5.12. The van der Waals surface area contributed by atoms with E-state index in [1.165, 1.54) is 37.5 Å². The highest BCUT2D eigenvalue weighted by molar-refractivity contribution is 9.10. The van der Waals surface area contributed by atoms with E-state index in [9.17, 15) is 19.2 Å². The second-order valence-electron chi connectivity index (χ2n) is 7.28. The number of amides is 4. The Labute approximate surface area is 207 Å². The molecule has 1 N–H and O–H groups in total. The van der Waals surface area contributed by atoms with E-state index in [0.29, 0.717) is 22.0 Å². The molecule has 10 heteroatoms. The Morgan fingerprint density at radius 2 is 1.88 bits per heavy atom. The van der Waals surface area contributed by atoms with Crippen molar-refractivity contribution in [2.75, 3.05) is 12.0 Å². The molecule has 0 saturated carbocycles. The monoisotopic (exact) mass is 542 g/mol. The van der Waals surface area contributed by atoms with Crippen molar-refractivity contribution in [2.24, 2.45) is 0 Å². The van der Waals surface area contributed by atoms with Crippen LogP contribution in [0.1, 0.15) is 21.7 Å². The van der Waals surface area contributed by atoms with Crippen LogP contribution < -0.4 is 10.2 Å². The first-order valence-corrected chi connectivity index (χ1v) is 11.0. The minimum atomic E-state index is -0.847. The van der Waals surface area contributed by atoms with Crippen LogP contribution in [0.3, 0.4) is 0 Å². The van der Waals surface area contributed by atoms with Gasteiger partial charge in [0.25, 0.3) is 11.8 Å². The van der Waals surface area contributed by atoms with Crippen LogP contribution in [0.25, 0.3) is 17.4 Å². The van der Waals surface area contributed by atoms with E-state index in [0.717, 1.165) is 14.9 Å². The molecule has 0 radical (unpaired) electrons. The van der Waals surface area contributed by atoms with Crippen LogP contribution in [0, 0.1) is 6.92 Å². The summed E-state index contributed by atoms with van der Waals surface area (Å²) in [5, 5.41) is 2.50. The minimum absolute atomic E-state index is 0.175. The molecule has 0 spiro atoms. The smallest absolute Gasteiger partial charge is 0.337 e. The van der Waals surface area contributed by atoms with Gasteiger partial charge in [0.1, 0.15) is 17.1 Å². The fourth-order valence-corrected chi connectivity index (χ4v) is 3.79. The number of imide groups is 2. The molecule has 1 aliphatic rings. The number of nitrogens with zero attached hydrogens (tertiary/aromatic N) is 1.